The van der Waals surface area contributed by atoms with Crippen LogP contribution in [0.2, 0.25) is 0 Å². The Balaban J connectivity index is 1.87. The first kappa shape index (κ1) is 14.5. The molecule has 21 heavy (non-hydrogen) atoms. The molecule has 1 fully saturated rings. The average molecular weight is 351 g/mol. The van der Waals surface area contributed by atoms with E-state index >= 15 is 0 Å². The second kappa shape index (κ2) is 6.15. The van der Waals surface area contributed by atoms with Gasteiger partial charge in [-0.1, -0.05) is 15.9 Å². The Kier molecular flexibility index (Phi) is 4.26. The number of nitrogens with one attached hydrogen (secondary N) is 2. The lowest BCUT2D eigenvalue weighted by Gasteiger charge is -2.21. The predicted octanol–water partition coefficient (Wildman–Crippen LogP) is 2.76. The zero-order valence-corrected chi connectivity index (χ0v) is 13.6. The second-order valence-corrected chi connectivity index (χ2v) is 6.24. The lowest BCUT2D eigenvalue weighted by molar-refractivity contribution is -0.120. The van der Waals surface area contributed by atoms with Crippen molar-refractivity contribution in [3.63, 3.8) is 0 Å². The fourth-order valence-electron chi connectivity index (χ4n) is 2.81. The molecule has 0 saturated carbocycles. The summed E-state index contributed by atoms with van der Waals surface area (Å²) in [4.78, 5) is 16.9. The van der Waals surface area contributed by atoms with Gasteiger partial charge in [-0.25, -0.2) is 4.98 Å². The van der Waals surface area contributed by atoms with Gasteiger partial charge in [-0.3, -0.25) is 10.1 Å². The van der Waals surface area contributed by atoms with Gasteiger partial charge in [-0.05, 0) is 51.1 Å². The molecule has 1 saturated heterocycles. The first-order chi connectivity index (χ1) is 10.2. The van der Waals surface area contributed by atoms with E-state index in [1.54, 1.807) is 0 Å². The van der Waals surface area contributed by atoms with Gasteiger partial charge in [0.2, 0.25) is 11.9 Å². The Morgan fingerprint density at radius 3 is 2.95 bits per heavy atom. The van der Waals surface area contributed by atoms with Crippen LogP contribution in [-0.4, -0.2) is 28.5 Å². The lowest BCUT2D eigenvalue weighted by Crippen LogP contribution is -2.35. The van der Waals surface area contributed by atoms with Gasteiger partial charge in [-0.2, -0.15) is 0 Å². The number of carbonyl (C=O) groups excluding carboxylic acids is 1. The number of benzene rings is 1. The minimum atomic E-state index is 0.0839. The zero-order valence-electron chi connectivity index (χ0n) is 12.0. The van der Waals surface area contributed by atoms with Gasteiger partial charge in [0, 0.05) is 16.9 Å². The Morgan fingerprint density at radius 2 is 2.24 bits per heavy atom. The summed E-state index contributed by atoms with van der Waals surface area (Å²) >= 11 is 3.46. The van der Waals surface area contributed by atoms with Crippen LogP contribution in [0.15, 0.2) is 22.7 Å². The molecular formula is C15H19BrN4O. The van der Waals surface area contributed by atoms with Crippen LogP contribution < -0.4 is 10.6 Å². The highest BCUT2D eigenvalue weighted by atomic mass is 79.9. The molecule has 1 aliphatic heterocycles. The van der Waals surface area contributed by atoms with Crippen LogP contribution in [0, 0.1) is 5.92 Å². The number of hydrogen-bond acceptors (Lipinski definition) is 3. The van der Waals surface area contributed by atoms with Crippen molar-refractivity contribution >= 4 is 38.8 Å². The number of hydrogen-bond donors (Lipinski definition) is 2. The van der Waals surface area contributed by atoms with E-state index in [4.69, 9.17) is 0 Å². The maximum absolute atomic E-state index is 12.4. The molecule has 3 rings (SSSR count). The first-order valence-corrected chi connectivity index (χ1v) is 8.15. The number of fused-ring (bicyclic) bond motifs is 1. The van der Waals surface area contributed by atoms with Crippen molar-refractivity contribution in [3.05, 3.63) is 22.7 Å². The number of imidazole rings is 1. The highest BCUT2D eigenvalue weighted by Crippen LogP contribution is 2.24. The van der Waals surface area contributed by atoms with Crippen molar-refractivity contribution in [2.45, 2.75) is 26.3 Å². The zero-order chi connectivity index (χ0) is 14.8. The normalized spacial score (nSPS) is 16.3. The van der Waals surface area contributed by atoms with Crippen LogP contribution in [0.3, 0.4) is 0 Å². The van der Waals surface area contributed by atoms with Gasteiger partial charge in [0.05, 0.1) is 11.0 Å². The Hall–Kier alpha value is -1.40. The predicted molar refractivity (Wildman–Crippen MR) is 87.3 cm³/mol. The molecule has 112 valence electrons. The van der Waals surface area contributed by atoms with Crippen molar-refractivity contribution in [2.24, 2.45) is 5.92 Å². The maximum atomic E-state index is 12.4. The van der Waals surface area contributed by atoms with Gasteiger partial charge in [0.15, 0.2) is 0 Å². The van der Waals surface area contributed by atoms with Crippen LogP contribution in [0.5, 0.6) is 0 Å². The Bertz CT molecular complexity index is 661. The molecule has 2 heterocycles. The Labute approximate surface area is 132 Å². The van der Waals surface area contributed by atoms with Crippen molar-refractivity contribution in [1.29, 1.82) is 0 Å². The summed E-state index contributed by atoms with van der Waals surface area (Å²) in [7, 11) is 0. The molecule has 2 aromatic rings. The summed E-state index contributed by atoms with van der Waals surface area (Å²) in [5.74, 6) is 0.817. The third kappa shape index (κ3) is 2.96. The standard InChI is InChI=1S/C15H19BrN4O/c1-2-20-13-4-3-11(16)9-12(13)18-15(20)19-14(21)10-5-7-17-8-6-10/h3-4,9-10,17H,2,5-8H2,1H3,(H,18,19,21). The number of aromatic nitrogens is 2. The molecule has 1 amide bonds. The molecule has 0 unspecified atom stereocenters. The summed E-state index contributed by atoms with van der Waals surface area (Å²) in [5, 5.41) is 6.29. The van der Waals surface area contributed by atoms with E-state index in [2.05, 4.69) is 38.5 Å². The highest BCUT2D eigenvalue weighted by molar-refractivity contribution is 9.10. The van der Waals surface area contributed by atoms with Gasteiger partial charge >= 0.3 is 0 Å². The molecule has 2 N–H and O–H groups in total. The minimum absolute atomic E-state index is 0.0839. The number of aryl methyl sites for hydroxylation is 1. The molecule has 5 nitrogen and oxygen atoms in total. The van der Waals surface area contributed by atoms with Gasteiger partial charge in [0.1, 0.15) is 0 Å². The van der Waals surface area contributed by atoms with E-state index in [-0.39, 0.29) is 11.8 Å². The molecule has 1 aromatic carbocycles. The van der Waals surface area contributed by atoms with Crippen LogP contribution >= 0.6 is 15.9 Å². The van der Waals surface area contributed by atoms with Gasteiger partial charge in [0.25, 0.3) is 0 Å². The van der Waals surface area contributed by atoms with Crippen molar-refractivity contribution in [1.82, 2.24) is 14.9 Å². The van der Waals surface area contributed by atoms with E-state index in [9.17, 15) is 4.79 Å². The SMILES string of the molecule is CCn1c(NC(=O)C2CCNCC2)nc2cc(Br)ccc21. The molecule has 0 aliphatic carbocycles. The number of nitrogens with zero attached hydrogens (tertiary/aromatic N) is 2. The highest BCUT2D eigenvalue weighted by Gasteiger charge is 2.22. The van der Waals surface area contributed by atoms with Gasteiger partial charge in [-0.15, -0.1) is 0 Å². The fourth-order valence-corrected chi connectivity index (χ4v) is 3.16. The van der Waals surface area contributed by atoms with E-state index < -0.39 is 0 Å². The fraction of sp³-hybridized carbons (Fsp3) is 0.467. The van der Waals surface area contributed by atoms with E-state index in [0.29, 0.717) is 5.95 Å². The third-order valence-corrected chi connectivity index (χ3v) is 4.46. The van der Waals surface area contributed by atoms with Crippen molar-refractivity contribution in [3.8, 4) is 0 Å². The number of anilines is 1. The van der Waals surface area contributed by atoms with E-state index in [0.717, 1.165) is 48.0 Å². The summed E-state index contributed by atoms with van der Waals surface area (Å²) < 4.78 is 3.03. The lowest BCUT2D eigenvalue weighted by atomic mass is 9.97. The molecule has 1 aliphatic rings. The largest absolute Gasteiger partial charge is 0.317 e. The third-order valence-electron chi connectivity index (χ3n) is 3.97. The van der Waals surface area contributed by atoms with Crippen LogP contribution in [-0.2, 0) is 11.3 Å². The smallest absolute Gasteiger partial charge is 0.229 e. The summed E-state index contributed by atoms with van der Waals surface area (Å²) in [6.07, 6.45) is 1.79. The van der Waals surface area contributed by atoms with Gasteiger partial charge < -0.3 is 9.88 Å². The molecule has 0 radical (unpaired) electrons. The average Bonchev–Trinajstić information content (AvgIpc) is 2.84. The van der Waals surface area contributed by atoms with Crippen molar-refractivity contribution in [2.75, 3.05) is 18.4 Å². The molecule has 0 atom stereocenters. The summed E-state index contributed by atoms with van der Waals surface area (Å²) in [6, 6.07) is 5.99. The first-order valence-electron chi connectivity index (χ1n) is 7.36. The number of halogens is 1. The molecule has 6 heteroatoms. The minimum Gasteiger partial charge on any atom is -0.317 e. The number of piperidine rings is 1. The molecule has 0 spiro atoms. The monoisotopic (exact) mass is 350 g/mol. The molecule has 0 bridgehead atoms. The van der Waals surface area contributed by atoms with Crippen LogP contribution in [0.1, 0.15) is 19.8 Å². The maximum Gasteiger partial charge on any atom is 0.229 e. The van der Waals surface area contributed by atoms with E-state index in [1.165, 1.54) is 0 Å². The second-order valence-electron chi connectivity index (χ2n) is 5.33. The number of carbonyl (C=O) groups is 1. The van der Waals surface area contributed by atoms with E-state index in [1.807, 2.05) is 22.8 Å². The van der Waals surface area contributed by atoms with Crippen molar-refractivity contribution < 1.29 is 4.79 Å². The Morgan fingerprint density at radius 1 is 1.48 bits per heavy atom. The quantitative estimate of drug-likeness (QED) is 0.894. The van der Waals surface area contributed by atoms with Crippen LogP contribution in [0.4, 0.5) is 5.95 Å². The summed E-state index contributed by atoms with van der Waals surface area (Å²) in [5.41, 5.74) is 1.94. The number of rotatable bonds is 3. The topological polar surface area (TPSA) is 59.0 Å². The molecule has 1 aromatic heterocycles. The summed E-state index contributed by atoms with van der Waals surface area (Å²) in [6.45, 7) is 4.66. The van der Waals surface area contributed by atoms with Crippen LogP contribution in [0.25, 0.3) is 11.0 Å². The number of amides is 1. The molecular weight excluding hydrogens is 332 g/mol.